The molecule has 0 spiro atoms. The van der Waals surface area contributed by atoms with E-state index in [-0.39, 0.29) is 6.04 Å². The molecule has 2 aromatic carbocycles. The fraction of sp³-hybridized carbons (Fsp3) is 0.188. The standard InChI is InChI=1S/C16H16N2O/c1-2-15(18)14-8-3-4-9-16(14)19-13-7-5-6-12(10-13)11-17/h3-10,15H,2,18H2,1H3/t15-/m1/s1. The zero-order valence-electron chi connectivity index (χ0n) is 10.8. The number of hydrogen-bond donors (Lipinski definition) is 1. The highest BCUT2D eigenvalue weighted by Crippen LogP contribution is 2.30. The number of ether oxygens (including phenoxy) is 1. The van der Waals surface area contributed by atoms with Gasteiger partial charge in [0.1, 0.15) is 11.5 Å². The molecule has 2 rings (SSSR count). The normalized spacial score (nSPS) is 11.6. The van der Waals surface area contributed by atoms with Gasteiger partial charge in [-0.3, -0.25) is 0 Å². The molecule has 0 aromatic heterocycles. The number of nitrogens with two attached hydrogens (primary N) is 1. The molecule has 0 saturated heterocycles. The van der Waals surface area contributed by atoms with Crippen molar-refractivity contribution >= 4 is 0 Å². The van der Waals surface area contributed by atoms with Crippen LogP contribution in [0.2, 0.25) is 0 Å². The van der Waals surface area contributed by atoms with Crippen LogP contribution in [0.3, 0.4) is 0 Å². The number of rotatable bonds is 4. The van der Waals surface area contributed by atoms with Crippen molar-refractivity contribution in [2.75, 3.05) is 0 Å². The van der Waals surface area contributed by atoms with Crippen LogP contribution in [-0.2, 0) is 0 Å². The Hall–Kier alpha value is -2.31. The molecule has 2 aromatic rings. The van der Waals surface area contributed by atoms with Crippen LogP contribution in [0.4, 0.5) is 0 Å². The summed E-state index contributed by atoms with van der Waals surface area (Å²) < 4.78 is 5.84. The lowest BCUT2D eigenvalue weighted by molar-refractivity contribution is 0.468. The van der Waals surface area contributed by atoms with Gasteiger partial charge in [0.15, 0.2) is 0 Å². The Morgan fingerprint density at radius 3 is 2.74 bits per heavy atom. The molecule has 0 bridgehead atoms. The summed E-state index contributed by atoms with van der Waals surface area (Å²) in [4.78, 5) is 0. The molecular weight excluding hydrogens is 236 g/mol. The lowest BCUT2D eigenvalue weighted by atomic mass is 10.0. The molecule has 0 fully saturated rings. The predicted octanol–water partition coefficient (Wildman–Crippen LogP) is 3.76. The fourth-order valence-electron chi connectivity index (χ4n) is 1.86. The Morgan fingerprint density at radius 2 is 2.00 bits per heavy atom. The number of nitriles is 1. The lowest BCUT2D eigenvalue weighted by Crippen LogP contribution is -2.09. The second kappa shape index (κ2) is 6.03. The molecule has 19 heavy (non-hydrogen) atoms. The summed E-state index contributed by atoms with van der Waals surface area (Å²) in [6.07, 6.45) is 0.846. The largest absolute Gasteiger partial charge is 0.457 e. The van der Waals surface area contributed by atoms with E-state index in [4.69, 9.17) is 15.7 Å². The SMILES string of the molecule is CC[C@@H](N)c1ccccc1Oc1cccc(C#N)c1. The van der Waals surface area contributed by atoms with Crippen molar-refractivity contribution in [3.63, 3.8) is 0 Å². The van der Waals surface area contributed by atoms with Gasteiger partial charge in [-0.1, -0.05) is 31.2 Å². The van der Waals surface area contributed by atoms with Crippen molar-refractivity contribution < 1.29 is 4.74 Å². The maximum Gasteiger partial charge on any atom is 0.132 e. The van der Waals surface area contributed by atoms with Crippen molar-refractivity contribution in [3.8, 4) is 17.6 Å². The fourth-order valence-corrected chi connectivity index (χ4v) is 1.86. The molecule has 0 saturated carbocycles. The van der Waals surface area contributed by atoms with Gasteiger partial charge in [-0.25, -0.2) is 0 Å². The maximum atomic E-state index is 8.88. The minimum atomic E-state index is -0.0460. The first-order valence-electron chi connectivity index (χ1n) is 6.27. The topological polar surface area (TPSA) is 59.0 Å². The molecule has 0 unspecified atom stereocenters. The average Bonchev–Trinajstić information content (AvgIpc) is 2.47. The maximum absolute atomic E-state index is 8.88. The second-order valence-electron chi connectivity index (χ2n) is 4.29. The van der Waals surface area contributed by atoms with Crippen LogP contribution in [0.5, 0.6) is 11.5 Å². The van der Waals surface area contributed by atoms with Crippen LogP contribution in [0.25, 0.3) is 0 Å². The first kappa shape index (κ1) is 13.1. The van der Waals surface area contributed by atoms with E-state index < -0.39 is 0 Å². The van der Waals surface area contributed by atoms with Crippen LogP contribution in [0, 0.1) is 11.3 Å². The Labute approximate surface area is 113 Å². The van der Waals surface area contributed by atoms with Gasteiger partial charge in [0.05, 0.1) is 11.6 Å². The third kappa shape index (κ3) is 3.12. The monoisotopic (exact) mass is 252 g/mol. The van der Waals surface area contributed by atoms with Gasteiger partial charge >= 0.3 is 0 Å². The number of nitrogens with zero attached hydrogens (tertiary/aromatic N) is 1. The summed E-state index contributed by atoms with van der Waals surface area (Å²) in [7, 11) is 0. The molecular formula is C16H16N2O. The Morgan fingerprint density at radius 1 is 1.21 bits per heavy atom. The van der Waals surface area contributed by atoms with Gasteiger partial charge in [-0.2, -0.15) is 5.26 Å². The quantitative estimate of drug-likeness (QED) is 0.901. The van der Waals surface area contributed by atoms with Crippen molar-refractivity contribution in [2.45, 2.75) is 19.4 Å². The van der Waals surface area contributed by atoms with Crippen molar-refractivity contribution in [1.82, 2.24) is 0 Å². The third-order valence-electron chi connectivity index (χ3n) is 2.95. The number of para-hydroxylation sites is 1. The molecule has 3 heteroatoms. The van der Waals surface area contributed by atoms with E-state index in [9.17, 15) is 0 Å². The molecule has 0 aliphatic rings. The van der Waals surface area contributed by atoms with E-state index in [1.807, 2.05) is 37.3 Å². The van der Waals surface area contributed by atoms with E-state index >= 15 is 0 Å². The summed E-state index contributed by atoms with van der Waals surface area (Å²) in [6.45, 7) is 2.04. The molecule has 0 aliphatic carbocycles. The van der Waals surface area contributed by atoms with Gasteiger partial charge < -0.3 is 10.5 Å². The van der Waals surface area contributed by atoms with E-state index in [0.717, 1.165) is 17.7 Å². The van der Waals surface area contributed by atoms with Crippen molar-refractivity contribution in [3.05, 3.63) is 59.7 Å². The van der Waals surface area contributed by atoms with Gasteiger partial charge in [0.25, 0.3) is 0 Å². The summed E-state index contributed by atoms with van der Waals surface area (Å²) in [6, 6.07) is 16.9. The minimum absolute atomic E-state index is 0.0460. The van der Waals surface area contributed by atoms with Crippen molar-refractivity contribution in [2.24, 2.45) is 5.73 Å². The van der Waals surface area contributed by atoms with Crippen LogP contribution in [0.1, 0.15) is 30.5 Å². The van der Waals surface area contributed by atoms with Gasteiger partial charge in [-0.05, 0) is 30.7 Å². The zero-order chi connectivity index (χ0) is 13.7. The highest BCUT2D eigenvalue weighted by molar-refractivity contribution is 5.42. The van der Waals surface area contributed by atoms with E-state index in [1.165, 1.54) is 0 Å². The van der Waals surface area contributed by atoms with Gasteiger partial charge in [-0.15, -0.1) is 0 Å². The molecule has 2 N–H and O–H groups in total. The lowest BCUT2D eigenvalue weighted by Gasteiger charge is -2.15. The van der Waals surface area contributed by atoms with E-state index in [2.05, 4.69) is 6.07 Å². The summed E-state index contributed by atoms with van der Waals surface area (Å²) >= 11 is 0. The number of benzene rings is 2. The smallest absolute Gasteiger partial charge is 0.132 e. The van der Waals surface area contributed by atoms with Crippen LogP contribution < -0.4 is 10.5 Å². The molecule has 1 atom stereocenters. The number of hydrogen-bond acceptors (Lipinski definition) is 3. The Balaban J connectivity index is 2.30. The van der Waals surface area contributed by atoms with Crippen LogP contribution in [0.15, 0.2) is 48.5 Å². The minimum Gasteiger partial charge on any atom is -0.457 e. The summed E-state index contributed by atoms with van der Waals surface area (Å²) in [5.41, 5.74) is 7.63. The van der Waals surface area contributed by atoms with Crippen molar-refractivity contribution in [1.29, 1.82) is 5.26 Å². The van der Waals surface area contributed by atoms with Crippen LogP contribution in [-0.4, -0.2) is 0 Å². The third-order valence-corrected chi connectivity index (χ3v) is 2.95. The van der Waals surface area contributed by atoms with Gasteiger partial charge in [0, 0.05) is 11.6 Å². The second-order valence-corrected chi connectivity index (χ2v) is 4.29. The first-order chi connectivity index (χ1) is 9.24. The van der Waals surface area contributed by atoms with E-state index in [0.29, 0.717) is 11.3 Å². The predicted molar refractivity (Wildman–Crippen MR) is 74.9 cm³/mol. The molecule has 0 aliphatic heterocycles. The summed E-state index contributed by atoms with van der Waals surface area (Å²) in [5, 5.41) is 8.88. The molecule has 3 nitrogen and oxygen atoms in total. The average molecular weight is 252 g/mol. The molecule has 96 valence electrons. The Bertz CT molecular complexity index is 602. The highest BCUT2D eigenvalue weighted by atomic mass is 16.5. The molecule has 0 amide bonds. The highest BCUT2D eigenvalue weighted by Gasteiger charge is 2.10. The Kier molecular flexibility index (Phi) is 4.17. The van der Waals surface area contributed by atoms with Gasteiger partial charge in [0.2, 0.25) is 0 Å². The summed E-state index contributed by atoms with van der Waals surface area (Å²) in [5.74, 6) is 1.39. The van der Waals surface area contributed by atoms with E-state index in [1.54, 1.807) is 18.2 Å². The molecule has 0 radical (unpaired) electrons. The molecule has 0 heterocycles. The first-order valence-corrected chi connectivity index (χ1v) is 6.27. The van der Waals surface area contributed by atoms with Crippen LogP contribution >= 0.6 is 0 Å². The zero-order valence-corrected chi connectivity index (χ0v) is 10.8.